The van der Waals surface area contributed by atoms with Crippen molar-refractivity contribution in [3.63, 3.8) is 0 Å². The monoisotopic (exact) mass is 512 g/mol. The molecule has 188 valence electrons. The highest BCUT2D eigenvalue weighted by Gasteiger charge is 2.33. The van der Waals surface area contributed by atoms with Crippen LogP contribution in [-0.2, 0) is 24.9 Å². The van der Waals surface area contributed by atoms with Crippen LogP contribution in [0.4, 0.5) is 4.39 Å². The summed E-state index contributed by atoms with van der Waals surface area (Å²) in [6.45, 7) is 4.21. The molecule has 5 rings (SSSR count). The number of aliphatic hydroxyl groups is 1. The second-order valence-corrected chi connectivity index (χ2v) is 10.4. The Labute approximate surface area is 208 Å². The highest BCUT2D eigenvalue weighted by Crippen LogP contribution is 2.34. The predicted octanol–water partition coefficient (Wildman–Crippen LogP) is 2.44. The van der Waals surface area contributed by atoms with Gasteiger partial charge in [-0.15, -0.1) is 11.3 Å². The first-order valence-corrected chi connectivity index (χ1v) is 12.4. The molecule has 36 heavy (non-hydrogen) atoms. The van der Waals surface area contributed by atoms with Crippen molar-refractivity contribution in [2.75, 3.05) is 13.2 Å². The fourth-order valence-corrected chi connectivity index (χ4v) is 5.80. The molecule has 1 N–H and O–H groups in total. The Morgan fingerprint density at radius 2 is 2.08 bits per heavy atom. The van der Waals surface area contributed by atoms with Crippen LogP contribution in [0, 0.1) is 11.7 Å². The van der Waals surface area contributed by atoms with Gasteiger partial charge >= 0.3 is 5.69 Å². The van der Waals surface area contributed by atoms with Gasteiger partial charge in [-0.1, -0.05) is 13.8 Å². The van der Waals surface area contributed by atoms with Crippen LogP contribution >= 0.6 is 11.3 Å². The lowest BCUT2D eigenvalue weighted by Gasteiger charge is -2.15. The molecule has 0 saturated carbocycles. The minimum Gasteiger partial charge on any atom is -0.389 e. The second-order valence-electron chi connectivity index (χ2n) is 9.36. The van der Waals surface area contributed by atoms with E-state index in [2.05, 4.69) is 4.98 Å². The van der Waals surface area contributed by atoms with Gasteiger partial charge in [-0.05, 0) is 35.7 Å². The lowest BCUT2D eigenvalue weighted by molar-refractivity contribution is -0.0778. The first kappa shape index (κ1) is 24.3. The van der Waals surface area contributed by atoms with Crippen LogP contribution in [0.15, 0.2) is 40.1 Å². The van der Waals surface area contributed by atoms with Crippen LogP contribution in [0.2, 0.25) is 0 Å². The molecule has 9 nitrogen and oxygen atoms in total. The number of rotatable bonds is 5. The van der Waals surface area contributed by atoms with Crippen LogP contribution < -0.4 is 11.2 Å². The number of hydrogen-bond donors (Lipinski definition) is 1. The Morgan fingerprint density at radius 1 is 1.31 bits per heavy atom. The largest absolute Gasteiger partial charge is 0.389 e. The highest BCUT2D eigenvalue weighted by molar-refractivity contribution is 7.19. The second kappa shape index (κ2) is 9.23. The maximum Gasteiger partial charge on any atom is 0.331 e. The number of hydroxylamine groups is 2. The van der Waals surface area contributed by atoms with Gasteiger partial charge in [0, 0.05) is 36.5 Å². The smallest absolute Gasteiger partial charge is 0.331 e. The molecule has 1 amide bonds. The number of aromatic nitrogens is 3. The van der Waals surface area contributed by atoms with Gasteiger partial charge in [0.15, 0.2) is 0 Å². The lowest BCUT2D eigenvalue weighted by atomic mass is 10.0. The first-order chi connectivity index (χ1) is 17.2. The number of nitrogens with zero attached hydrogens (tertiary/aromatic N) is 4. The van der Waals surface area contributed by atoms with Crippen LogP contribution in [0.1, 0.15) is 34.6 Å². The number of hydrogen-bond acceptors (Lipinski definition) is 7. The average Bonchev–Trinajstić information content (AvgIpc) is 3.44. The summed E-state index contributed by atoms with van der Waals surface area (Å²) in [5.41, 5.74) is 0.408. The Kier molecular flexibility index (Phi) is 6.23. The van der Waals surface area contributed by atoms with Crippen molar-refractivity contribution in [2.24, 2.45) is 13.0 Å². The SMILES string of the molecule is CC(C)Cn1c(=O)n(C)c(=O)c2c(C(=O)N3C[C@H](O)CO3)c(Cc3ccnc4ccc(F)cc34)sc21. The van der Waals surface area contributed by atoms with E-state index >= 15 is 0 Å². The predicted molar refractivity (Wildman–Crippen MR) is 134 cm³/mol. The van der Waals surface area contributed by atoms with Crippen molar-refractivity contribution in [1.29, 1.82) is 0 Å². The molecule has 4 aromatic rings. The zero-order valence-corrected chi connectivity index (χ0v) is 20.8. The highest BCUT2D eigenvalue weighted by atomic mass is 32.1. The summed E-state index contributed by atoms with van der Waals surface area (Å²) in [4.78, 5) is 50.7. The van der Waals surface area contributed by atoms with E-state index in [4.69, 9.17) is 4.84 Å². The molecule has 0 aliphatic carbocycles. The summed E-state index contributed by atoms with van der Waals surface area (Å²) < 4.78 is 16.6. The number of amides is 1. The molecule has 1 aromatic carbocycles. The Bertz CT molecular complexity index is 1620. The van der Waals surface area contributed by atoms with Gasteiger partial charge in [0.05, 0.1) is 23.0 Å². The van der Waals surface area contributed by atoms with E-state index in [1.165, 1.54) is 35.1 Å². The molecule has 0 radical (unpaired) electrons. The molecular weight excluding hydrogens is 487 g/mol. The maximum absolute atomic E-state index is 14.1. The molecule has 4 heterocycles. The van der Waals surface area contributed by atoms with Crippen molar-refractivity contribution in [3.8, 4) is 0 Å². The van der Waals surface area contributed by atoms with E-state index in [0.29, 0.717) is 27.2 Å². The molecule has 1 aliphatic rings. The molecule has 1 saturated heterocycles. The number of carbonyl (C=O) groups is 1. The molecule has 11 heteroatoms. The molecule has 3 aromatic heterocycles. The van der Waals surface area contributed by atoms with Gasteiger partial charge in [-0.2, -0.15) is 0 Å². The molecular formula is C25H25FN4O5S. The maximum atomic E-state index is 14.1. The minimum absolute atomic E-state index is 0.0342. The first-order valence-electron chi connectivity index (χ1n) is 11.6. The van der Waals surface area contributed by atoms with E-state index in [1.54, 1.807) is 18.3 Å². The molecule has 0 unspecified atom stereocenters. The third kappa shape index (κ3) is 4.12. The van der Waals surface area contributed by atoms with E-state index in [9.17, 15) is 23.9 Å². The van der Waals surface area contributed by atoms with Gasteiger partial charge in [0.2, 0.25) is 0 Å². The summed E-state index contributed by atoms with van der Waals surface area (Å²) in [6.07, 6.45) is 0.979. The topological polar surface area (TPSA) is 107 Å². The van der Waals surface area contributed by atoms with Crippen LogP contribution in [0.3, 0.4) is 0 Å². The number of thiophene rings is 1. The molecule has 1 fully saturated rings. The Morgan fingerprint density at radius 3 is 2.78 bits per heavy atom. The number of carbonyl (C=O) groups excluding carboxylic acids is 1. The Balaban J connectivity index is 1.78. The number of aliphatic hydroxyl groups excluding tert-OH is 1. The molecule has 0 spiro atoms. The van der Waals surface area contributed by atoms with Gasteiger partial charge in [0.25, 0.3) is 11.5 Å². The summed E-state index contributed by atoms with van der Waals surface area (Å²) >= 11 is 1.19. The zero-order chi connectivity index (χ0) is 25.7. The summed E-state index contributed by atoms with van der Waals surface area (Å²) in [5, 5.41) is 11.7. The van der Waals surface area contributed by atoms with Crippen molar-refractivity contribution < 1.29 is 19.1 Å². The zero-order valence-electron chi connectivity index (χ0n) is 20.0. The molecule has 1 atom stereocenters. The van der Waals surface area contributed by atoms with Gasteiger partial charge in [-0.25, -0.2) is 14.2 Å². The quantitative estimate of drug-likeness (QED) is 0.440. The van der Waals surface area contributed by atoms with Crippen molar-refractivity contribution in [2.45, 2.75) is 32.9 Å². The van der Waals surface area contributed by atoms with E-state index in [1.807, 2.05) is 13.8 Å². The lowest BCUT2D eigenvalue weighted by Crippen LogP contribution is -2.39. The van der Waals surface area contributed by atoms with Crippen LogP contribution in [-0.4, -0.2) is 49.5 Å². The van der Waals surface area contributed by atoms with Gasteiger partial charge < -0.3 is 5.11 Å². The van der Waals surface area contributed by atoms with E-state index < -0.39 is 29.1 Å². The van der Waals surface area contributed by atoms with E-state index in [0.717, 1.165) is 15.2 Å². The van der Waals surface area contributed by atoms with Gasteiger partial charge in [-0.3, -0.25) is 28.5 Å². The van der Waals surface area contributed by atoms with E-state index in [-0.39, 0.29) is 36.4 Å². The summed E-state index contributed by atoms with van der Waals surface area (Å²) in [5.74, 6) is -0.870. The third-order valence-corrected chi connectivity index (χ3v) is 7.39. The van der Waals surface area contributed by atoms with Gasteiger partial charge in [0.1, 0.15) is 23.4 Å². The fraction of sp³-hybridized carbons (Fsp3) is 0.360. The fourth-order valence-electron chi connectivity index (χ4n) is 4.49. The summed E-state index contributed by atoms with van der Waals surface area (Å²) in [6, 6.07) is 6.05. The number of halogens is 1. The molecule has 1 aliphatic heterocycles. The number of pyridine rings is 1. The van der Waals surface area contributed by atoms with Crippen LogP contribution in [0.25, 0.3) is 21.1 Å². The Hall–Kier alpha value is -3.41. The number of β-amino-alcohol motifs (C(OH)–C–C–N with tert-alkyl or cyclic N) is 1. The van der Waals surface area contributed by atoms with Crippen LogP contribution in [0.5, 0.6) is 0 Å². The standard InChI is InChI=1S/C25H25FN4O5S/c1-13(2)10-29-24-21(22(32)28(3)25(29)34)20(23(33)30-11-16(31)12-35-30)19(36-24)8-14-6-7-27-18-5-4-15(26)9-17(14)18/h4-7,9,13,16,31H,8,10-12H2,1-3H3/t16-/m0/s1. The molecule has 0 bridgehead atoms. The minimum atomic E-state index is -0.837. The van der Waals surface area contributed by atoms with Crippen molar-refractivity contribution in [3.05, 3.63) is 73.1 Å². The van der Waals surface area contributed by atoms with Crippen molar-refractivity contribution in [1.82, 2.24) is 19.2 Å². The normalized spacial score (nSPS) is 16.1. The number of benzene rings is 1. The summed E-state index contributed by atoms with van der Waals surface area (Å²) in [7, 11) is 1.39. The average molecular weight is 513 g/mol. The third-order valence-electron chi connectivity index (χ3n) is 6.18. The van der Waals surface area contributed by atoms with Crippen molar-refractivity contribution >= 4 is 38.4 Å². The number of fused-ring (bicyclic) bond motifs is 2.